The van der Waals surface area contributed by atoms with E-state index in [1.807, 2.05) is 97.1 Å². The molecular weight excluding hydrogens is 830 g/mol. The fraction of sp³-hybridized carbons (Fsp3) is 0.229. The molecule has 6 aromatic carbocycles. The third-order valence-electron chi connectivity index (χ3n) is 10.1. The zero-order chi connectivity index (χ0) is 35.2. The molecule has 0 bridgehead atoms. The van der Waals surface area contributed by atoms with Gasteiger partial charge in [-0.1, -0.05) is 148 Å². The van der Waals surface area contributed by atoms with Gasteiger partial charge >= 0.3 is 0 Å². The number of aromatic nitrogens is 1. The van der Waals surface area contributed by atoms with E-state index in [0.717, 1.165) is 49.9 Å². The summed E-state index contributed by atoms with van der Waals surface area (Å²) in [5.74, 6) is 1.36. The first kappa shape index (κ1) is 37.6. The first-order valence-corrected chi connectivity index (χ1v) is 20.1. The summed E-state index contributed by atoms with van der Waals surface area (Å²) in [5, 5.41) is 5.89. The Hall–Kier alpha value is -4.13. The predicted octanol–water partition coefficient (Wildman–Crippen LogP) is 11.5. The first-order valence-electron chi connectivity index (χ1n) is 18.4. The van der Waals surface area contributed by atoms with Crippen molar-refractivity contribution in [1.82, 2.24) is 4.98 Å². The van der Waals surface area contributed by atoms with Crippen LogP contribution in [0.1, 0.15) is 68.6 Å². The second kappa shape index (κ2) is 17.1. The number of hydrogen-bond acceptors (Lipinski definition) is 2. The standard InChI is InChI=1S/C26H30N.C22H16OP.Ir/c1-18(2)14-21-10-7-11-26-24(21)12-13-25(27-26)23-16-19(3)15-22(17-23)20-8-5-4-6-9-20;23-24(20-11-3-1-4-12-20,21-13-5-2-6-14-21)22-16-15-18-9-7-8-10-19(18)17-22;/h7,10-13,15,17-18,20H,4-6,8-9,14H2,1-3H3;1-15,17H;/q2*-1;. The van der Waals surface area contributed by atoms with Crippen molar-refractivity contribution in [3.63, 3.8) is 0 Å². The maximum atomic E-state index is 14.2. The van der Waals surface area contributed by atoms with Gasteiger partial charge in [-0.3, -0.25) is 4.98 Å². The van der Waals surface area contributed by atoms with Crippen LogP contribution in [-0.2, 0) is 31.1 Å². The topological polar surface area (TPSA) is 30.0 Å². The molecule has 0 atom stereocenters. The molecule has 0 saturated heterocycles. The normalized spacial score (nSPS) is 13.4. The van der Waals surface area contributed by atoms with Crippen LogP contribution >= 0.6 is 7.14 Å². The van der Waals surface area contributed by atoms with Crippen LogP contribution in [0, 0.1) is 25.0 Å². The van der Waals surface area contributed by atoms with Crippen molar-refractivity contribution in [3.8, 4) is 11.3 Å². The van der Waals surface area contributed by atoms with Gasteiger partial charge in [0.05, 0.1) is 5.52 Å². The zero-order valence-corrected chi connectivity index (χ0v) is 33.6. The van der Waals surface area contributed by atoms with E-state index in [1.165, 1.54) is 54.2 Å². The SMILES string of the molecule is Cc1[c-]c(-c2ccc3c(CC(C)C)cccc3n2)cc(C2CCCCC2)c1.O=P(c1[c-]cc2ccccc2c1)(c1ccccc1)c1ccccc1.[Ir]. The fourth-order valence-corrected chi connectivity index (χ4v) is 10.1. The van der Waals surface area contributed by atoms with Crippen molar-refractivity contribution in [2.75, 3.05) is 0 Å². The molecule has 0 spiro atoms. The quantitative estimate of drug-likeness (QED) is 0.118. The average molecular weight is 876 g/mol. The molecule has 0 aliphatic heterocycles. The van der Waals surface area contributed by atoms with Crippen LogP contribution in [0.3, 0.4) is 0 Å². The third kappa shape index (κ3) is 8.40. The van der Waals surface area contributed by atoms with Crippen LogP contribution in [0.5, 0.6) is 0 Å². The van der Waals surface area contributed by atoms with E-state index < -0.39 is 7.14 Å². The molecule has 0 unspecified atom stereocenters. The predicted molar refractivity (Wildman–Crippen MR) is 217 cm³/mol. The van der Waals surface area contributed by atoms with Gasteiger partial charge in [-0.2, -0.15) is 18.2 Å². The summed E-state index contributed by atoms with van der Waals surface area (Å²) in [6.45, 7) is 6.71. The number of fused-ring (bicyclic) bond motifs is 2. The summed E-state index contributed by atoms with van der Waals surface area (Å²) in [5.41, 5.74) is 7.40. The zero-order valence-electron chi connectivity index (χ0n) is 30.3. The van der Waals surface area contributed by atoms with E-state index in [-0.39, 0.29) is 20.1 Å². The van der Waals surface area contributed by atoms with E-state index in [4.69, 9.17) is 4.98 Å². The minimum Gasteiger partial charge on any atom is -0.311 e. The number of hydrogen-bond donors (Lipinski definition) is 0. The van der Waals surface area contributed by atoms with Crippen molar-refractivity contribution in [2.24, 2.45) is 5.92 Å². The maximum Gasteiger partial charge on any atom is 0.147 e. The fourth-order valence-electron chi connectivity index (χ4n) is 7.54. The summed E-state index contributed by atoms with van der Waals surface area (Å²) in [6, 6.07) is 53.9. The van der Waals surface area contributed by atoms with Crippen molar-refractivity contribution < 1.29 is 24.7 Å². The van der Waals surface area contributed by atoms with Gasteiger partial charge in [-0.15, -0.1) is 51.7 Å². The molecule has 8 rings (SSSR count). The summed E-state index contributed by atoms with van der Waals surface area (Å²) >= 11 is 0. The van der Waals surface area contributed by atoms with Gasteiger partial charge in [0.25, 0.3) is 0 Å². The Bertz CT molecular complexity index is 2250. The second-order valence-electron chi connectivity index (χ2n) is 14.4. The van der Waals surface area contributed by atoms with E-state index in [2.05, 4.69) is 75.4 Å². The minimum absolute atomic E-state index is 0. The Labute approximate surface area is 323 Å². The number of benzene rings is 6. The Morgan fingerprint density at radius 2 is 1.38 bits per heavy atom. The molecule has 1 aliphatic carbocycles. The molecule has 2 nitrogen and oxygen atoms in total. The molecular formula is C48H46IrNOP-2. The number of aryl methyl sites for hydroxylation is 1. The van der Waals surface area contributed by atoms with E-state index >= 15 is 0 Å². The van der Waals surface area contributed by atoms with Gasteiger partial charge in [0.2, 0.25) is 0 Å². The van der Waals surface area contributed by atoms with Gasteiger partial charge in [0, 0.05) is 36.1 Å². The van der Waals surface area contributed by atoms with Crippen molar-refractivity contribution in [1.29, 1.82) is 0 Å². The van der Waals surface area contributed by atoms with Crippen LogP contribution in [-0.4, -0.2) is 4.98 Å². The molecule has 1 aliphatic rings. The molecule has 0 N–H and O–H groups in total. The molecule has 1 saturated carbocycles. The Morgan fingerprint density at radius 1 is 0.731 bits per heavy atom. The van der Waals surface area contributed by atoms with Crippen LogP contribution in [0.15, 0.2) is 140 Å². The molecule has 1 fully saturated rings. The van der Waals surface area contributed by atoms with Gasteiger partial charge in [0.1, 0.15) is 7.14 Å². The molecule has 7 aromatic rings. The largest absolute Gasteiger partial charge is 0.311 e. The minimum atomic E-state index is -2.94. The van der Waals surface area contributed by atoms with Gasteiger partial charge in [-0.05, 0) is 48.4 Å². The molecule has 1 heterocycles. The van der Waals surface area contributed by atoms with E-state index in [0.29, 0.717) is 11.8 Å². The number of nitrogens with zero attached hydrogens (tertiary/aromatic N) is 1. The van der Waals surface area contributed by atoms with E-state index in [9.17, 15) is 4.57 Å². The van der Waals surface area contributed by atoms with Crippen molar-refractivity contribution in [2.45, 2.75) is 65.2 Å². The average Bonchev–Trinajstić information content (AvgIpc) is 3.18. The summed E-state index contributed by atoms with van der Waals surface area (Å²) in [4.78, 5) is 5.01. The van der Waals surface area contributed by atoms with Crippen molar-refractivity contribution >= 4 is 44.7 Å². The van der Waals surface area contributed by atoms with Crippen LogP contribution in [0.25, 0.3) is 32.9 Å². The Morgan fingerprint density at radius 3 is 2.06 bits per heavy atom. The van der Waals surface area contributed by atoms with Gasteiger partial charge in [-0.25, -0.2) is 0 Å². The van der Waals surface area contributed by atoms with Crippen LogP contribution < -0.4 is 15.9 Å². The molecule has 0 amide bonds. The molecule has 1 radical (unpaired) electrons. The van der Waals surface area contributed by atoms with Gasteiger partial charge < -0.3 is 4.57 Å². The van der Waals surface area contributed by atoms with Crippen LogP contribution in [0.2, 0.25) is 0 Å². The van der Waals surface area contributed by atoms with Gasteiger partial charge in [0.15, 0.2) is 0 Å². The van der Waals surface area contributed by atoms with Crippen molar-refractivity contribution in [3.05, 3.63) is 168 Å². The van der Waals surface area contributed by atoms with Crippen LogP contribution in [0.4, 0.5) is 0 Å². The third-order valence-corrected chi connectivity index (χ3v) is 13.1. The molecule has 1 aromatic heterocycles. The Kier molecular flexibility index (Phi) is 12.4. The second-order valence-corrected chi connectivity index (χ2v) is 17.1. The number of rotatable bonds is 7. The maximum absolute atomic E-state index is 14.2. The summed E-state index contributed by atoms with van der Waals surface area (Å²) in [7, 11) is -2.94. The molecule has 265 valence electrons. The summed E-state index contributed by atoms with van der Waals surface area (Å²) in [6.07, 6.45) is 7.88. The molecule has 4 heteroatoms. The smallest absolute Gasteiger partial charge is 0.147 e. The number of pyridine rings is 1. The monoisotopic (exact) mass is 876 g/mol. The summed E-state index contributed by atoms with van der Waals surface area (Å²) < 4.78 is 14.2. The van der Waals surface area contributed by atoms with E-state index in [1.54, 1.807) is 0 Å². The molecule has 52 heavy (non-hydrogen) atoms. The Balaban J connectivity index is 0.000000176. The first-order chi connectivity index (χ1) is 24.9.